The number of nitrogens with two attached hydrogens (primary N) is 1. The molecule has 0 radical (unpaired) electrons. The van der Waals surface area contributed by atoms with Crippen molar-refractivity contribution in [3.8, 4) is 21.8 Å². The van der Waals surface area contributed by atoms with Crippen molar-refractivity contribution in [2.24, 2.45) is 0 Å². The van der Waals surface area contributed by atoms with Crippen LogP contribution in [0.2, 0.25) is 0 Å². The van der Waals surface area contributed by atoms with Gasteiger partial charge in [-0.3, -0.25) is 4.98 Å². The number of H-pyrrole nitrogens is 1. The van der Waals surface area contributed by atoms with Crippen molar-refractivity contribution in [3.05, 3.63) is 36.8 Å². The first-order valence-corrected chi connectivity index (χ1v) is 9.37. The topological polar surface area (TPSA) is 96.6 Å². The predicted molar refractivity (Wildman–Crippen MR) is 104 cm³/mol. The van der Waals surface area contributed by atoms with Gasteiger partial charge in [0.2, 0.25) is 5.13 Å². The number of anilines is 2. The van der Waals surface area contributed by atoms with E-state index in [4.69, 9.17) is 10.7 Å². The second-order valence-corrected chi connectivity index (χ2v) is 7.37. The molecule has 4 heterocycles. The number of hydrogen-bond acceptors (Lipinski definition) is 7. The van der Waals surface area contributed by atoms with Gasteiger partial charge in [-0.25, -0.2) is 4.98 Å². The van der Waals surface area contributed by atoms with E-state index in [9.17, 15) is 0 Å². The minimum atomic E-state index is 0.471. The van der Waals surface area contributed by atoms with E-state index in [1.165, 1.54) is 24.2 Å². The van der Waals surface area contributed by atoms with Gasteiger partial charge < -0.3 is 15.6 Å². The summed E-state index contributed by atoms with van der Waals surface area (Å²) in [7, 11) is 0. The van der Waals surface area contributed by atoms with Crippen molar-refractivity contribution in [3.63, 3.8) is 0 Å². The van der Waals surface area contributed by atoms with Crippen molar-refractivity contribution >= 4 is 33.2 Å². The first kappa shape index (κ1) is 15.3. The van der Waals surface area contributed by atoms with Gasteiger partial charge in [0.05, 0.1) is 18.1 Å². The Morgan fingerprint density at radius 3 is 2.81 bits per heavy atom. The Kier molecular flexibility index (Phi) is 3.56. The highest BCUT2D eigenvalue weighted by Gasteiger charge is 2.16. The van der Waals surface area contributed by atoms with Crippen LogP contribution < -0.4 is 10.6 Å². The fourth-order valence-corrected chi connectivity index (χ4v) is 4.01. The third-order valence-electron chi connectivity index (χ3n) is 4.70. The molecule has 1 aromatic carbocycles. The zero-order valence-corrected chi connectivity index (χ0v) is 14.8. The summed E-state index contributed by atoms with van der Waals surface area (Å²) in [6, 6.07) is 6.17. The molecule has 1 aliphatic rings. The minimum Gasteiger partial charge on any atom is -0.374 e. The summed E-state index contributed by atoms with van der Waals surface area (Å²) in [6.07, 6.45) is 8.08. The van der Waals surface area contributed by atoms with Crippen molar-refractivity contribution in [2.75, 3.05) is 23.7 Å². The third-order valence-corrected chi connectivity index (χ3v) is 5.50. The van der Waals surface area contributed by atoms with Gasteiger partial charge >= 0.3 is 0 Å². The molecule has 3 aromatic heterocycles. The number of fused-ring (bicyclic) bond motifs is 1. The highest BCUT2D eigenvalue weighted by molar-refractivity contribution is 7.18. The number of hydrogen-bond donors (Lipinski definition) is 2. The van der Waals surface area contributed by atoms with Gasteiger partial charge in [0.15, 0.2) is 0 Å². The number of rotatable bonds is 3. The first-order chi connectivity index (χ1) is 12.8. The largest absolute Gasteiger partial charge is 0.374 e. The van der Waals surface area contributed by atoms with Crippen LogP contribution in [-0.4, -0.2) is 38.2 Å². The molecular formula is C18H17N7S. The van der Waals surface area contributed by atoms with Gasteiger partial charge in [0.25, 0.3) is 0 Å². The summed E-state index contributed by atoms with van der Waals surface area (Å²) in [5.74, 6) is 0.947. The maximum Gasteiger partial charge on any atom is 0.203 e. The molecule has 1 aliphatic heterocycles. The van der Waals surface area contributed by atoms with Crippen molar-refractivity contribution in [1.82, 2.24) is 25.1 Å². The number of aromatic nitrogens is 5. The van der Waals surface area contributed by atoms with Crippen molar-refractivity contribution in [2.45, 2.75) is 12.8 Å². The van der Waals surface area contributed by atoms with Crippen LogP contribution in [0.1, 0.15) is 12.8 Å². The summed E-state index contributed by atoms with van der Waals surface area (Å²) in [4.78, 5) is 14.9. The number of aromatic amines is 1. The molecule has 0 saturated carbocycles. The first-order valence-electron chi connectivity index (χ1n) is 8.56. The molecule has 1 fully saturated rings. The fourth-order valence-electron chi connectivity index (χ4n) is 3.40. The molecule has 4 aromatic rings. The van der Waals surface area contributed by atoms with Gasteiger partial charge in [-0.15, -0.1) is 10.2 Å². The molecule has 5 rings (SSSR count). The lowest BCUT2D eigenvalue weighted by Crippen LogP contribution is -2.19. The van der Waals surface area contributed by atoms with Gasteiger partial charge in [-0.1, -0.05) is 11.3 Å². The van der Waals surface area contributed by atoms with Gasteiger partial charge in [-0.05, 0) is 31.0 Å². The van der Waals surface area contributed by atoms with E-state index >= 15 is 0 Å². The minimum absolute atomic E-state index is 0.471. The lowest BCUT2D eigenvalue weighted by Gasteiger charge is -2.16. The molecule has 0 bridgehead atoms. The number of nitrogens with zero attached hydrogens (tertiary/aromatic N) is 5. The molecule has 1 saturated heterocycles. The number of nitrogen functional groups attached to an aromatic ring is 1. The average Bonchev–Trinajstić information content (AvgIpc) is 3.42. The van der Waals surface area contributed by atoms with Crippen LogP contribution in [0.3, 0.4) is 0 Å². The maximum atomic E-state index is 5.72. The Morgan fingerprint density at radius 2 is 2.00 bits per heavy atom. The Bertz CT molecular complexity index is 1080. The normalized spacial score (nSPS) is 14.4. The third kappa shape index (κ3) is 2.59. The van der Waals surface area contributed by atoms with Gasteiger partial charge in [0.1, 0.15) is 10.8 Å². The molecule has 7 nitrogen and oxygen atoms in total. The van der Waals surface area contributed by atoms with E-state index in [2.05, 4.69) is 31.1 Å². The maximum absolute atomic E-state index is 5.72. The Balaban J connectivity index is 1.59. The average molecular weight is 363 g/mol. The Hall–Kier alpha value is -3.00. The van der Waals surface area contributed by atoms with E-state index in [1.54, 1.807) is 0 Å². The zero-order chi connectivity index (χ0) is 17.5. The van der Waals surface area contributed by atoms with E-state index in [0.717, 1.165) is 51.6 Å². The lowest BCUT2D eigenvalue weighted by molar-refractivity contribution is 0.928. The van der Waals surface area contributed by atoms with E-state index < -0.39 is 0 Å². The summed E-state index contributed by atoms with van der Waals surface area (Å²) < 4.78 is 0. The standard InChI is InChI=1S/C18H17N7S/c19-18-24-23-17(26-18)11-3-4-14-12(7-11)13(8-21-14)15-9-20-10-16(22-15)25-5-1-2-6-25/h3-4,7-10,21H,1-2,5-6H2,(H2,19,24). The molecule has 26 heavy (non-hydrogen) atoms. The SMILES string of the molecule is Nc1nnc(-c2ccc3[nH]cc(-c4cncc(N5CCCC5)n4)c3c2)s1. The van der Waals surface area contributed by atoms with Crippen LogP contribution in [0, 0.1) is 0 Å². The van der Waals surface area contributed by atoms with Crippen LogP contribution >= 0.6 is 11.3 Å². The van der Waals surface area contributed by atoms with Gasteiger partial charge in [-0.2, -0.15) is 0 Å². The van der Waals surface area contributed by atoms with Crippen LogP contribution in [-0.2, 0) is 0 Å². The van der Waals surface area contributed by atoms with E-state index in [-0.39, 0.29) is 0 Å². The summed E-state index contributed by atoms with van der Waals surface area (Å²) in [6.45, 7) is 2.10. The molecule has 8 heteroatoms. The molecule has 0 unspecified atom stereocenters. The number of nitrogens with one attached hydrogen (secondary N) is 1. The quantitative estimate of drug-likeness (QED) is 0.579. The van der Waals surface area contributed by atoms with Crippen LogP contribution in [0.4, 0.5) is 10.9 Å². The van der Waals surface area contributed by atoms with Crippen LogP contribution in [0.25, 0.3) is 32.7 Å². The summed E-state index contributed by atoms with van der Waals surface area (Å²) in [5.41, 5.74) is 9.67. The summed E-state index contributed by atoms with van der Waals surface area (Å²) in [5, 5.41) is 10.4. The Morgan fingerprint density at radius 1 is 1.12 bits per heavy atom. The molecule has 0 aliphatic carbocycles. The highest BCUT2D eigenvalue weighted by atomic mass is 32.1. The molecule has 3 N–H and O–H groups in total. The highest BCUT2D eigenvalue weighted by Crippen LogP contribution is 2.33. The molecule has 0 atom stereocenters. The molecule has 0 spiro atoms. The molecule has 0 amide bonds. The lowest BCUT2D eigenvalue weighted by atomic mass is 10.1. The second kappa shape index (κ2) is 6.06. The monoisotopic (exact) mass is 363 g/mol. The van der Waals surface area contributed by atoms with E-state index in [1.807, 2.05) is 30.7 Å². The van der Waals surface area contributed by atoms with Crippen LogP contribution in [0.5, 0.6) is 0 Å². The molecular weight excluding hydrogens is 346 g/mol. The Labute approximate surface area is 153 Å². The second-order valence-electron chi connectivity index (χ2n) is 6.36. The van der Waals surface area contributed by atoms with Crippen molar-refractivity contribution in [1.29, 1.82) is 0 Å². The fraction of sp³-hybridized carbons (Fsp3) is 0.222. The van der Waals surface area contributed by atoms with E-state index in [0.29, 0.717) is 5.13 Å². The predicted octanol–water partition coefficient (Wildman–Crippen LogP) is 3.33. The number of benzene rings is 1. The van der Waals surface area contributed by atoms with Crippen molar-refractivity contribution < 1.29 is 0 Å². The smallest absolute Gasteiger partial charge is 0.203 e. The van der Waals surface area contributed by atoms with Gasteiger partial charge in [0, 0.05) is 41.3 Å². The zero-order valence-electron chi connectivity index (χ0n) is 14.0. The summed E-state index contributed by atoms with van der Waals surface area (Å²) >= 11 is 1.38. The molecule has 130 valence electrons. The van der Waals surface area contributed by atoms with Crippen LogP contribution in [0.15, 0.2) is 36.8 Å².